The van der Waals surface area contributed by atoms with E-state index < -0.39 is 29.7 Å². The Bertz CT molecular complexity index is 728. The molecule has 1 aliphatic rings. The molecule has 0 unspecified atom stereocenters. The van der Waals surface area contributed by atoms with E-state index in [4.69, 9.17) is 4.74 Å². The molecule has 25 heavy (non-hydrogen) atoms. The van der Waals surface area contributed by atoms with Crippen LogP contribution in [0.25, 0.3) is 0 Å². The molecule has 9 heteroatoms. The molecule has 0 bridgehead atoms. The molecular formula is C16H26N4O5. The molecule has 1 fully saturated rings. The van der Waals surface area contributed by atoms with Crippen LogP contribution in [0.5, 0.6) is 0 Å². The fourth-order valence-electron chi connectivity index (χ4n) is 2.73. The Morgan fingerprint density at radius 2 is 2.08 bits per heavy atom. The summed E-state index contributed by atoms with van der Waals surface area (Å²) in [5.41, 5.74) is -0.568. The van der Waals surface area contributed by atoms with Gasteiger partial charge in [0.2, 0.25) is 5.91 Å². The first-order chi connectivity index (χ1) is 11.7. The second-order valence-electron chi connectivity index (χ2n) is 6.61. The summed E-state index contributed by atoms with van der Waals surface area (Å²) < 4.78 is 7.14. The molecular weight excluding hydrogens is 328 g/mol. The van der Waals surface area contributed by atoms with Gasteiger partial charge in [-0.3, -0.25) is 19.1 Å². The maximum atomic E-state index is 12.0. The molecule has 0 radical (unpaired) electrons. The van der Waals surface area contributed by atoms with Gasteiger partial charge >= 0.3 is 5.69 Å². The molecule has 0 aliphatic carbocycles. The van der Waals surface area contributed by atoms with Crippen LogP contribution < -0.4 is 11.2 Å². The van der Waals surface area contributed by atoms with Gasteiger partial charge in [0, 0.05) is 51.8 Å². The summed E-state index contributed by atoms with van der Waals surface area (Å²) in [5.74, 6) is -0.00145. The molecule has 2 heterocycles. The number of aromatic amines is 1. The van der Waals surface area contributed by atoms with Crippen LogP contribution in [0.4, 0.5) is 0 Å². The van der Waals surface area contributed by atoms with Gasteiger partial charge in [0.05, 0.1) is 12.2 Å². The highest BCUT2D eigenvalue weighted by atomic mass is 16.5. The second-order valence-corrected chi connectivity index (χ2v) is 6.61. The van der Waals surface area contributed by atoms with Crippen molar-refractivity contribution in [2.75, 3.05) is 33.7 Å². The third-order valence-electron chi connectivity index (χ3n) is 4.51. The molecule has 1 aromatic heterocycles. The van der Waals surface area contributed by atoms with E-state index in [1.165, 1.54) is 17.7 Å². The van der Waals surface area contributed by atoms with E-state index in [1.807, 2.05) is 11.9 Å². The minimum atomic E-state index is -0.711. The van der Waals surface area contributed by atoms with Gasteiger partial charge in [0.1, 0.15) is 6.23 Å². The first-order valence-electron chi connectivity index (χ1n) is 8.25. The summed E-state index contributed by atoms with van der Waals surface area (Å²) in [6, 6.07) is 0. The zero-order chi connectivity index (χ0) is 18.7. The summed E-state index contributed by atoms with van der Waals surface area (Å²) in [5, 5.41) is 10.2. The minimum absolute atomic E-state index is 0.00145. The van der Waals surface area contributed by atoms with Crippen molar-refractivity contribution in [3.63, 3.8) is 0 Å². The number of nitrogens with one attached hydrogen (secondary N) is 1. The van der Waals surface area contributed by atoms with E-state index in [0.717, 1.165) is 0 Å². The van der Waals surface area contributed by atoms with Crippen LogP contribution in [0.3, 0.4) is 0 Å². The lowest BCUT2D eigenvalue weighted by molar-refractivity contribution is -0.127. The van der Waals surface area contributed by atoms with Crippen molar-refractivity contribution in [3.05, 3.63) is 32.6 Å². The number of likely N-dealkylation sites (N-methyl/N-ethyl adjacent to an activating group) is 2. The Morgan fingerprint density at radius 3 is 2.72 bits per heavy atom. The largest absolute Gasteiger partial charge is 0.390 e. The lowest BCUT2D eigenvalue weighted by Gasteiger charge is -2.25. The van der Waals surface area contributed by atoms with Crippen LogP contribution in [0, 0.1) is 6.92 Å². The Labute approximate surface area is 145 Å². The molecule has 1 amide bonds. The molecule has 0 saturated carbocycles. The minimum Gasteiger partial charge on any atom is -0.390 e. The van der Waals surface area contributed by atoms with Crippen molar-refractivity contribution in [1.29, 1.82) is 0 Å². The fourth-order valence-corrected chi connectivity index (χ4v) is 2.73. The summed E-state index contributed by atoms with van der Waals surface area (Å²) in [6.07, 6.45) is -0.0470. The highest BCUT2D eigenvalue weighted by Gasteiger charge is 2.36. The number of hydrogen-bond donors (Lipinski definition) is 2. The number of aromatic nitrogens is 2. The molecule has 2 rings (SSSR count). The molecule has 0 aromatic carbocycles. The van der Waals surface area contributed by atoms with Crippen LogP contribution in [0.15, 0.2) is 15.8 Å². The summed E-state index contributed by atoms with van der Waals surface area (Å²) in [7, 11) is 3.62. The monoisotopic (exact) mass is 354 g/mol. The normalized spacial score (nSPS) is 23.2. The molecule has 140 valence electrons. The summed E-state index contributed by atoms with van der Waals surface area (Å²) in [4.78, 5) is 40.5. The number of carbonyl (C=O) groups excluding carboxylic acids is 1. The van der Waals surface area contributed by atoms with Gasteiger partial charge in [-0.25, -0.2) is 4.79 Å². The number of nitrogens with zero attached hydrogens (tertiary/aromatic N) is 3. The maximum absolute atomic E-state index is 12.0. The van der Waals surface area contributed by atoms with Crippen molar-refractivity contribution in [2.45, 2.75) is 38.7 Å². The number of carbonyl (C=O) groups is 1. The predicted molar refractivity (Wildman–Crippen MR) is 91.4 cm³/mol. The average molecular weight is 354 g/mol. The highest BCUT2D eigenvalue weighted by Crippen LogP contribution is 2.27. The zero-order valence-corrected chi connectivity index (χ0v) is 15.1. The van der Waals surface area contributed by atoms with Crippen molar-refractivity contribution >= 4 is 5.91 Å². The van der Waals surface area contributed by atoms with Gasteiger partial charge in [0.25, 0.3) is 5.56 Å². The van der Waals surface area contributed by atoms with Crippen molar-refractivity contribution < 1.29 is 14.6 Å². The van der Waals surface area contributed by atoms with Crippen LogP contribution in [-0.4, -0.2) is 76.3 Å². The lowest BCUT2D eigenvalue weighted by atomic mass is 10.1. The van der Waals surface area contributed by atoms with Gasteiger partial charge < -0.3 is 19.6 Å². The van der Waals surface area contributed by atoms with Gasteiger partial charge in [-0.2, -0.15) is 0 Å². The number of aliphatic hydroxyl groups is 1. The van der Waals surface area contributed by atoms with E-state index in [2.05, 4.69) is 4.98 Å². The number of ether oxygens (including phenoxy) is 1. The van der Waals surface area contributed by atoms with Gasteiger partial charge in [0.15, 0.2) is 0 Å². The van der Waals surface area contributed by atoms with E-state index in [-0.39, 0.29) is 12.3 Å². The predicted octanol–water partition coefficient (Wildman–Crippen LogP) is -1.10. The van der Waals surface area contributed by atoms with E-state index in [1.54, 1.807) is 18.9 Å². The first kappa shape index (κ1) is 19.4. The SMILES string of the molecule is CC(=O)N(C)CCN(C)C[C@H]1O[C@@H](n2cc(C)c(=O)[nH]c2=O)C[C@@H]1O. The third kappa shape index (κ3) is 4.77. The second kappa shape index (κ2) is 7.94. The topological polar surface area (TPSA) is 108 Å². The van der Waals surface area contributed by atoms with E-state index in [0.29, 0.717) is 25.2 Å². The molecule has 1 aliphatic heterocycles. The summed E-state index contributed by atoms with van der Waals surface area (Å²) >= 11 is 0. The number of amides is 1. The number of aliphatic hydroxyl groups excluding tert-OH is 1. The number of H-pyrrole nitrogens is 1. The van der Waals surface area contributed by atoms with Crippen LogP contribution in [-0.2, 0) is 9.53 Å². The molecule has 3 atom stereocenters. The Balaban J connectivity index is 1.97. The van der Waals surface area contributed by atoms with Gasteiger partial charge in [-0.05, 0) is 14.0 Å². The first-order valence-corrected chi connectivity index (χ1v) is 8.25. The van der Waals surface area contributed by atoms with Crippen LogP contribution >= 0.6 is 0 Å². The smallest absolute Gasteiger partial charge is 0.330 e. The number of rotatable bonds is 6. The van der Waals surface area contributed by atoms with Crippen molar-refractivity contribution in [2.24, 2.45) is 0 Å². The Morgan fingerprint density at radius 1 is 1.40 bits per heavy atom. The number of aryl methyl sites for hydroxylation is 1. The summed E-state index contributed by atoms with van der Waals surface area (Å²) in [6.45, 7) is 4.82. The van der Waals surface area contributed by atoms with Gasteiger partial charge in [-0.15, -0.1) is 0 Å². The van der Waals surface area contributed by atoms with E-state index in [9.17, 15) is 19.5 Å². The van der Waals surface area contributed by atoms with Crippen LogP contribution in [0.2, 0.25) is 0 Å². The van der Waals surface area contributed by atoms with Crippen molar-refractivity contribution in [1.82, 2.24) is 19.4 Å². The fraction of sp³-hybridized carbons (Fsp3) is 0.688. The standard InChI is InChI=1S/C16H26N4O5/c1-10-8-20(16(24)17-15(10)23)14-7-12(22)13(25-14)9-18(3)5-6-19(4)11(2)21/h8,12-14,22H,5-7,9H2,1-4H3,(H,17,23,24)/t12-,13+,14+/m0/s1. The number of hydrogen-bond acceptors (Lipinski definition) is 6. The van der Waals surface area contributed by atoms with Crippen LogP contribution in [0.1, 0.15) is 25.1 Å². The van der Waals surface area contributed by atoms with Crippen molar-refractivity contribution in [3.8, 4) is 0 Å². The van der Waals surface area contributed by atoms with Gasteiger partial charge in [-0.1, -0.05) is 0 Å². The third-order valence-corrected chi connectivity index (χ3v) is 4.51. The maximum Gasteiger partial charge on any atom is 0.330 e. The zero-order valence-electron chi connectivity index (χ0n) is 15.1. The van der Waals surface area contributed by atoms with E-state index >= 15 is 0 Å². The molecule has 9 nitrogen and oxygen atoms in total. The Kier molecular flexibility index (Phi) is 6.15. The Hall–Kier alpha value is -1.97. The lowest BCUT2D eigenvalue weighted by Crippen LogP contribution is -2.39. The molecule has 1 aromatic rings. The molecule has 1 saturated heterocycles. The molecule has 2 N–H and O–H groups in total. The average Bonchev–Trinajstić information content (AvgIpc) is 2.89. The quantitative estimate of drug-likeness (QED) is 0.672. The molecule has 0 spiro atoms. The highest BCUT2D eigenvalue weighted by molar-refractivity contribution is 5.72.